The predicted octanol–water partition coefficient (Wildman–Crippen LogP) is 1.80. The lowest BCUT2D eigenvalue weighted by atomic mass is 9.92. The van der Waals surface area contributed by atoms with Crippen molar-refractivity contribution in [1.29, 1.82) is 0 Å². The maximum absolute atomic E-state index is 11.5. The quantitative estimate of drug-likeness (QED) is 0.562. The predicted molar refractivity (Wildman–Crippen MR) is 59.6 cm³/mol. The van der Waals surface area contributed by atoms with Gasteiger partial charge in [0.2, 0.25) is 0 Å². The molecule has 0 spiro atoms. The van der Waals surface area contributed by atoms with Crippen molar-refractivity contribution in [2.45, 2.75) is 37.6 Å². The minimum atomic E-state index is -0.462. The number of carbonyl (C=O) groups is 1. The zero-order chi connectivity index (χ0) is 11.0. The number of nitrogens with zero attached hydrogens (tertiary/aromatic N) is 1. The zero-order valence-corrected chi connectivity index (χ0v) is 10.8. The average Bonchev–Trinajstić information content (AvgIpc) is 1.97. The molecule has 0 aromatic carbocycles. The van der Waals surface area contributed by atoms with E-state index < -0.39 is 4.32 Å². The van der Waals surface area contributed by atoms with Crippen molar-refractivity contribution in [1.82, 2.24) is 4.90 Å². The smallest absolute Gasteiger partial charge is 0.325 e. The average molecular weight is 264 g/mol. The molecule has 1 fully saturated rings. The van der Waals surface area contributed by atoms with Crippen molar-refractivity contribution in [2.75, 3.05) is 19.7 Å². The van der Waals surface area contributed by atoms with E-state index in [1.165, 1.54) is 0 Å². The van der Waals surface area contributed by atoms with Crippen LogP contribution in [0.25, 0.3) is 0 Å². The van der Waals surface area contributed by atoms with Crippen molar-refractivity contribution >= 4 is 21.9 Å². The number of rotatable bonds is 2. The molecule has 1 aliphatic rings. The van der Waals surface area contributed by atoms with Crippen molar-refractivity contribution in [2.24, 2.45) is 0 Å². The van der Waals surface area contributed by atoms with Crippen LogP contribution in [-0.4, -0.2) is 40.4 Å². The summed E-state index contributed by atoms with van der Waals surface area (Å²) >= 11 is 3.45. The number of carbonyl (C=O) groups excluding carboxylic acids is 1. The highest BCUT2D eigenvalue weighted by Crippen LogP contribution is 2.36. The molecule has 0 unspecified atom stereocenters. The number of hydrogen-bond acceptors (Lipinski definition) is 3. The molecule has 1 aliphatic heterocycles. The Hall–Kier alpha value is -0.0900. The van der Waals surface area contributed by atoms with Gasteiger partial charge in [0.05, 0.1) is 6.61 Å². The van der Waals surface area contributed by atoms with E-state index in [2.05, 4.69) is 41.6 Å². The first-order chi connectivity index (χ1) is 6.29. The monoisotopic (exact) mass is 263 g/mol. The summed E-state index contributed by atoms with van der Waals surface area (Å²) < 4.78 is 4.54. The Morgan fingerprint density at radius 3 is 2.36 bits per heavy atom. The van der Waals surface area contributed by atoms with E-state index in [1.54, 1.807) is 0 Å². The molecule has 0 saturated carbocycles. The lowest BCUT2D eigenvalue weighted by Crippen LogP contribution is -2.67. The van der Waals surface area contributed by atoms with Crippen LogP contribution < -0.4 is 0 Å². The van der Waals surface area contributed by atoms with E-state index >= 15 is 0 Å². The number of ether oxygens (including phenoxy) is 1. The molecular weight excluding hydrogens is 246 g/mol. The number of esters is 1. The topological polar surface area (TPSA) is 29.5 Å². The fourth-order valence-corrected chi connectivity index (χ4v) is 2.14. The van der Waals surface area contributed by atoms with Gasteiger partial charge in [-0.3, -0.25) is 9.69 Å². The lowest BCUT2D eigenvalue weighted by molar-refractivity contribution is -0.152. The van der Waals surface area contributed by atoms with Gasteiger partial charge in [-0.1, -0.05) is 15.9 Å². The van der Waals surface area contributed by atoms with E-state index in [0.717, 1.165) is 13.1 Å². The molecule has 0 aromatic heterocycles. The fourth-order valence-electron chi connectivity index (χ4n) is 1.42. The van der Waals surface area contributed by atoms with Crippen LogP contribution in [0.2, 0.25) is 0 Å². The Bertz CT molecular complexity index is 229. The van der Waals surface area contributed by atoms with E-state index in [4.69, 9.17) is 4.74 Å². The summed E-state index contributed by atoms with van der Waals surface area (Å²) in [5, 5.41) is 0. The standard InChI is InChI=1S/C10H18BrNO2/c1-5-14-8(13)10(11)6-12(7-10)9(2,3)4/h5-7H2,1-4H3. The molecule has 3 nitrogen and oxygen atoms in total. The molecule has 0 bridgehead atoms. The Balaban J connectivity index is 2.49. The number of hydrogen-bond donors (Lipinski definition) is 0. The van der Waals surface area contributed by atoms with Gasteiger partial charge in [0.1, 0.15) is 4.32 Å². The second-order valence-corrected chi connectivity index (χ2v) is 6.23. The third kappa shape index (κ3) is 2.28. The first-order valence-corrected chi connectivity index (χ1v) is 5.70. The van der Waals surface area contributed by atoms with E-state index in [9.17, 15) is 4.79 Å². The molecule has 0 N–H and O–H groups in total. The van der Waals surface area contributed by atoms with Crippen LogP contribution in [0.1, 0.15) is 27.7 Å². The van der Waals surface area contributed by atoms with Gasteiger partial charge in [-0.2, -0.15) is 0 Å². The Morgan fingerprint density at radius 2 is 2.00 bits per heavy atom. The molecule has 1 rings (SSSR count). The summed E-state index contributed by atoms with van der Waals surface area (Å²) in [4.78, 5) is 13.8. The third-order valence-corrected chi connectivity index (χ3v) is 3.30. The normalized spacial score (nSPS) is 21.5. The largest absolute Gasteiger partial charge is 0.465 e. The highest BCUT2D eigenvalue weighted by Gasteiger charge is 2.51. The minimum absolute atomic E-state index is 0.129. The van der Waals surface area contributed by atoms with Crippen LogP contribution in [0.4, 0.5) is 0 Å². The molecule has 0 radical (unpaired) electrons. The van der Waals surface area contributed by atoms with E-state index in [-0.39, 0.29) is 11.5 Å². The number of alkyl halides is 1. The van der Waals surface area contributed by atoms with E-state index in [0.29, 0.717) is 6.61 Å². The summed E-state index contributed by atoms with van der Waals surface area (Å²) in [7, 11) is 0. The van der Waals surface area contributed by atoms with Gasteiger partial charge in [-0.15, -0.1) is 0 Å². The molecule has 82 valence electrons. The molecule has 4 heteroatoms. The highest BCUT2D eigenvalue weighted by atomic mass is 79.9. The Kier molecular flexibility index (Phi) is 3.26. The summed E-state index contributed by atoms with van der Waals surface area (Å²) in [6.45, 7) is 10.2. The summed E-state index contributed by atoms with van der Waals surface area (Å²) in [5.41, 5.74) is 0.129. The second-order valence-electron chi connectivity index (χ2n) is 4.71. The molecule has 0 atom stereocenters. The Labute approximate surface area is 93.9 Å². The van der Waals surface area contributed by atoms with Gasteiger partial charge in [-0.05, 0) is 27.7 Å². The number of likely N-dealkylation sites (tertiary alicyclic amines) is 1. The van der Waals surface area contributed by atoms with Crippen LogP contribution in [0.15, 0.2) is 0 Å². The molecule has 0 amide bonds. The molecule has 0 aromatic rings. The maximum atomic E-state index is 11.5. The number of halogens is 1. The lowest BCUT2D eigenvalue weighted by Gasteiger charge is -2.51. The van der Waals surface area contributed by atoms with Crippen LogP contribution in [0.5, 0.6) is 0 Å². The zero-order valence-electron chi connectivity index (χ0n) is 9.26. The van der Waals surface area contributed by atoms with Crippen LogP contribution in [0.3, 0.4) is 0 Å². The summed E-state index contributed by atoms with van der Waals surface area (Å²) in [6, 6.07) is 0. The third-order valence-electron chi connectivity index (χ3n) is 2.47. The first kappa shape index (κ1) is 12.0. The molecule has 1 heterocycles. The van der Waals surface area contributed by atoms with Gasteiger partial charge >= 0.3 is 5.97 Å². The van der Waals surface area contributed by atoms with Crippen molar-refractivity contribution < 1.29 is 9.53 Å². The fraction of sp³-hybridized carbons (Fsp3) is 0.900. The second kappa shape index (κ2) is 3.81. The van der Waals surface area contributed by atoms with Gasteiger partial charge < -0.3 is 4.74 Å². The van der Waals surface area contributed by atoms with E-state index in [1.807, 2.05) is 6.92 Å². The molecule has 0 aliphatic carbocycles. The Morgan fingerprint density at radius 1 is 1.50 bits per heavy atom. The van der Waals surface area contributed by atoms with Crippen LogP contribution in [-0.2, 0) is 9.53 Å². The molecule has 14 heavy (non-hydrogen) atoms. The highest BCUT2D eigenvalue weighted by molar-refractivity contribution is 9.10. The summed E-state index contributed by atoms with van der Waals surface area (Å²) in [5.74, 6) is -0.138. The van der Waals surface area contributed by atoms with Crippen molar-refractivity contribution in [3.8, 4) is 0 Å². The van der Waals surface area contributed by atoms with Gasteiger partial charge in [0.15, 0.2) is 0 Å². The SMILES string of the molecule is CCOC(=O)C1(Br)CN(C(C)(C)C)C1. The summed E-state index contributed by atoms with van der Waals surface area (Å²) in [6.07, 6.45) is 0. The van der Waals surface area contributed by atoms with Crippen LogP contribution in [0, 0.1) is 0 Å². The van der Waals surface area contributed by atoms with Gasteiger partial charge in [0.25, 0.3) is 0 Å². The van der Waals surface area contributed by atoms with Gasteiger partial charge in [-0.25, -0.2) is 0 Å². The maximum Gasteiger partial charge on any atom is 0.325 e. The van der Waals surface area contributed by atoms with Crippen LogP contribution >= 0.6 is 15.9 Å². The minimum Gasteiger partial charge on any atom is -0.465 e. The van der Waals surface area contributed by atoms with Gasteiger partial charge in [0, 0.05) is 18.6 Å². The molecule has 1 saturated heterocycles. The molecular formula is C10H18BrNO2. The van der Waals surface area contributed by atoms with Crippen molar-refractivity contribution in [3.05, 3.63) is 0 Å². The first-order valence-electron chi connectivity index (χ1n) is 4.91. The van der Waals surface area contributed by atoms with Crippen molar-refractivity contribution in [3.63, 3.8) is 0 Å².